The number of halogens is 3. The standard InChI is InChI=1S/C10H10F3N/c1-7-3-5-9(6-4-7)14-8(2)10(11,12)13/h3-6,14H,2H2,1H3. The summed E-state index contributed by atoms with van der Waals surface area (Å²) >= 11 is 0. The SMILES string of the molecule is C=C(Nc1ccc(C)cc1)C(F)(F)F. The first-order chi connectivity index (χ1) is 6.39. The van der Waals surface area contributed by atoms with Crippen molar-refractivity contribution in [3.63, 3.8) is 0 Å². The Labute approximate surface area is 80.2 Å². The number of alkyl halides is 3. The minimum atomic E-state index is -4.40. The van der Waals surface area contributed by atoms with Gasteiger partial charge < -0.3 is 5.32 Å². The van der Waals surface area contributed by atoms with Crippen LogP contribution in [0.2, 0.25) is 0 Å². The van der Waals surface area contributed by atoms with Gasteiger partial charge >= 0.3 is 6.18 Å². The normalized spacial score (nSPS) is 11.1. The van der Waals surface area contributed by atoms with E-state index in [1.807, 2.05) is 6.92 Å². The zero-order valence-corrected chi connectivity index (χ0v) is 7.65. The van der Waals surface area contributed by atoms with E-state index in [9.17, 15) is 13.2 Å². The summed E-state index contributed by atoms with van der Waals surface area (Å²) in [6.45, 7) is 4.77. The highest BCUT2D eigenvalue weighted by Crippen LogP contribution is 2.25. The number of benzene rings is 1. The Morgan fingerprint density at radius 2 is 1.71 bits per heavy atom. The first-order valence-corrected chi connectivity index (χ1v) is 3.99. The van der Waals surface area contributed by atoms with Crippen LogP contribution in [0.3, 0.4) is 0 Å². The zero-order valence-electron chi connectivity index (χ0n) is 7.65. The van der Waals surface area contributed by atoms with Gasteiger partial charge in [-0.15, -0.1) is 0 Å². The Morgan fingerprint density at radius 1 is 1.21 bits per heavy atom. The summed E-state index contributed by atoms with van der Waals surface area (Å²) in [6.07, 6.45) is -4.40. The predicted molar refractivity (Wildman–Crippen MR) is 50.0 cm³/mol. The van der Waals surface area contributed by atoms with Crippen molar-refractivity contribution < 1.29 is 13.2 Å². The van der Waals surface area contributed by atoms with Crippen LogP contribution < -0.4 is 5.32 Å². The van der Waals surface area contributed by atoms with E-state index in [4.69, 9.17) is 0 Å². The lowest BCUT2D eigenvalue weighted by atomic mass is 10.2. The van der Waals surface area contributed by atoms with Crippen molar-refractivity contribution in [1.29, 1.82) is 0 Å². The molecule has 14 heavy (non-hydrogen) atoms. The molecule has 0 heterocycles. The lowest BCUT2D eigenvalue weighted by molar-refractivity contribution is -0.0898. The van der Waals surface area contributed by atoms with E-state index in [1.54, 1.807) is 24.3 Å². The Bertz CT molecular complexity index is 324. The number of anilines is 1. The molecule has 0 aliphatic heterocycles. The van der Waals surface area contributed by atoms with Gasteiger partial charge in [0.05, 0.1) is 0 Å². The van der Waals surface area contributed by atoms with Gasteiger partial charge in [-0.25, -0.2) is 0 Å². The molecule has 1 aromatic rings. The minimum Gasteiger partial charge on any atom is -0.352 e. The molecule has 1 rings (SSSR count). The van der Waals surface area contributed by atoms with E-state index in [1.165, 1.54) is 0 Å². The molecule has 0 amide bonds. The van der Waals surface area contributed by atoms with Crippen molar-refractivity contribution in [2.24, 2.45) is 0 Å². The molecule has 1 N–H and O–H groups in total. The molecule has 0 atom stereocenters. The third-order valence-electron chi connectivity index (χ3n) is 1.69. The summed E-state index contributed by atoms with van der Waals surface area (Å²) in [6, 6.07) is 6.61. The molecule has 0 saturated carbocycles. The number of rotatable bonds is 2. The number of nitrogens with one attached hydrogen (secondary N) is 1. The van der Waals surface area contributed by atoms with E-state index in [2.05, 4.69) is 11.9 Å². The van der Waals surface area contributed by atoms with Gasteiger partial charge in [0, 0.05) is 5.69 Å². The van der Waals surface area contributed by atoms with Crippen LogP contribution in [0.4, 0.5) is 18.9 Å². The highest BCUT2D eigenvalue weighted by molar-refractivity contribution is 5.49. The minimum absolute atomic E-state index is 0.387. The van der Waals surface area contributed by atoms with Crippen molar-refractivity contribution >= 4 is 5.69 Å². The van der Waals surface area contributed by atoms with Crippen LogP contribution in [0.1, 0.15) is 5.56 Å². The van der Waals surface area contributed by atoms with Gasteiger partial charge in [-0.2, -0.15) is 13.2 Å². The van der Waals surface area contributed by atoms with E-state index in [-0.39, 0.29) is 0 Å². The molecule has 0 aromatic heterocycles. The summed E-state index contributed by atoms with van der Waals surface area (Å²) in [5, 5.41) is 2.19. The molecule has 0 aliphatic carbocycles. The highest BCUT2D eigenvalue weighted by atomic mass is 19.4. The summed E-state index contributed by atoms with van der Waals surface area (Å²) < 4.78 is 36.2. The Kier molecular flexibility index (Phi) is 2.84. The fourth-order valence-corrected chi connectivity index (χ4v) is 0.882. The second kappa shape index (κ2) is 3.74. The Balaban J connectivity index is 2.71. The maximum atomic E-state index is 12.1. The quantitative estimate of drug-likeness (QED) is 0.772. The van der Waals surface area contributed by atoms with E-state index >= 15 is 0 Å². The van der Waals surface area contributed by atoms with Crippen molar-refractivity contribution in [3.8, 4) is 0 Å². The van der Waals surface area contributed by atoms with E-state index in [0.717, 1.165) is 5.56 Å². The third-order valence-corrected chi connectivity index (χ3v) is 1.69. The molecule has 0 spiro atoms. The zero-order chi connectivity index (χ0) is 10.8. The van der Waals surface area contributed by atoms with Gasteiger partial charge in [0.2, 0.25) is 0 Å². The molecular formula is C10H10F3N. The van der Waals surface area contributed by atoms with Crippen molar-refractivity contribution in [3.05, 3.63) is 42.1 Å². The van der Waals surface area contributed by atoms with E-state index in [0.29, 0.717) is 5.69 Å². The van der Waals surface area contributed by atoms with Crippen molar-refractivity contribution in [2.75, 3.05) is 5.32 Å². The molecular weight excluding hydrogens is 191 g/mol. The molecule has 0 radical (unpaired) electrons. The van der Waals surface area contributed by atoms with Gasteiger partial charge in [0.15, 0.2) is 0 Å². The molecule has 0 bridgehead atoms. The second-order valence-corrected chi connectivity index (χ2v) is 2.97. The van der Waals surface area contributed by atoms with Crippen LogP contribution >= 0.6 is 0 Å². The molecule has 0 aliphatic rings. The van der Waals surface area contributed by atoms with Crippen LogP contribution in [-0.4, -0.2) is 6.18 Å². The first-order valence-electron chi connectivity index (χ1n) is 3.99. The van der Waals surface area contributed by atoms with Gasteiger partial charge in [-0.1, -0.05) is 24.3 Å². The first kappa shape index (κ1) is 10.6. The maximum Gasteiger partial charge on any atom is 0.430 e. The average molecular weight is 201 g/mol. The number of aryl methyl sites for hydroxylation is 1. The Morgan fingerprint density at radius 3 is 2.14 bits per heavy atom. The summed E-state index contributed by atoms with van der Waals surface area (Å²) in [7, 11) is 0. The average Bonchev–Trinajstić information content (AvgIpc) is 2.07. The van der Waals surface area contributed by atoms with Crippen LogP contribution in [0.5, 0.6) is 0 Å². The predicted octanol–water partition coefficient (Wildman–Crippen LogP) is 3.48. The van der Waals surface area contributed by atoms with Crippen LogP contribution in [0.15, 0.2) is 36.5 Å². The topological polar surface area (TPSA) is 12.0 Å². The molecule has 4 heteroatoms. The summed E-state index contributed by atoms with van der Waals surface area (Å²) in [4.78, 5) is 0. The lowest BCUT2D eigenvalue weighted by Crippen LogP contribution is -2.17. The van der Waals surface area contributed by atoms with Gasteiger partial charge in [-0.05, 0) is 19.1 Å². The van der Waals surface area contributed by atoms with Crippen LogP contribution in [-0.2, 0) is 0 Å². The lowest BCUT2D eigenvalue weighted by Gasteiger charge is -2.12. The smallest absolute Gasteiger partial charge is 0.352 e. The van der Waals surface area contributed by atoms with Crippen LogP contribution in [0, 0.1) is 6.92 Å². The molecule has 1 aromatic carbocycles. The summed E-state index contributed by atoms with van der Waals surface area (Å²) in [5.41, 5.74) is 0.424. The molecule has 76 valence electrons. The fraction of sp³-hybridized carbons (Fsp3) is 0.200. The van der Waals surface area contributed by atoms with Gasteiger partial charge in [0.25, 0.3) is 0 Å². The Hall–Kier alpha value is -1.45. The maximum absolute atomic E-state index is 12.1. The molecule has 0 saturated heterocycles. The van der Waals surface area contributed by atoms with Crippen molar-refractivity contribution in [2.45, 2.75) is 13.1 Å². The third kappa shape index (κ3) is 2.80. The molecule has 0 fully saturated rings. The molecule has 0 unspecified atom stereocenters. The fourth-order valence-electron chi connectivity index (χ4n) is 0.882. The number of hydrogen-bond donors (Lipinski definition) is 1. The highest BCUT2D eigenvalue weighted by Gasteiger charge is 2.31. The van der Waals surface area contributed by atoms with Gasteiger partial charge in [0.1, 0.15) is 5.70 Å². The largest absolute Gasteiger partial charge is 0.430 e. The van der Waals surface area contributed by atoms with E-state index < -0.39 is 11.9 Å². The summed E-state index contributed by atoms with van der Waals surface area (Å²) in [5.74, 6) is 0. The van der Waals surface area contributed by atoms with Crippen molar-refractivity contribution in [1.82, 2.24) is 0 Å². The second-order valence-electron chi connectivity index (χ2n) is 2.97. The van der Waals surface area contributed by atoms with Crippen LogP contribution in [0.25, 0.3) is 0 Å². The number of allylic oxidation sites excluding steroid dienone is 1. The number of hydrogen-bond acceptors (Lipinski definition) is 1. The van der Waals surface area contributed by atoms with Gasteiger partial charge in [-0.3, -0.25) is 0 Å². The molecule has 1 nitrogen and oxygen atoms in total. The monoisotopic (exact) mass is 201 g/mol.